The number of hydrogen-bond donors (Lipinski definition) is 2. The number of nitrogens with one attached hydrogen (secondary N) is 2. The Morgan fingerprint density at radius 1 is 1.30 bits per heavy atom. The fourth-order valence-corrected chi connectivity index (χ4v) is 3.19. The second-order valence-corrected chi connectivity index (χ2v) is 6.68. The highest BCUT2D eigenvalue weighted by Crippen LogP contribution is 2.07. The zero-order valence-electron chi connectivity index (χ0n) is 14.4. The quantitative estimate of drug-likeness (QED) is 0.395. The van der Waals surface area contributed by atoms with Crippen LogP contribution in [-0.4, -0.2) is 68.1 Å². The van der Waals surface area contributed by atoms with Gasteiger partial charge in [0.1, 0.15) is 0 Å². The Balaban J connectivity index is 0.00000264. The molecule has 0 spiro atoms. The number of hydrogen-bond acceptors (Lipinski definition) is 4. The van der Waals surface area contributed by atoms with Crippen molar-refractivity contribution in [3.05, 3.63) is 22.4 Å². The summed E-state index contributed by atoms with van der Waals surface area (Å²) in [6.07, 6.45) is 0. The van der Waals surface area contributed by atoms with Gasteiger partial charge < -0.3 is 15.5 Å². The molecule has 1 aromatic rings. The van der Waals surface area contributed by atoms with E-state index in [9.17, 15) is 0 Å². The molecule has 7 heteroatoms. The van der Waals surface area contributed by atoms with E-state index in [1.807, 2.05) is 0 Å². The minimum absolute atomic E-state index is 0. The lowest BCUT2D eigenvalue weighted by atomic mass is 10.2. The van der Waals surface area contributed by atoms with Gasteiger partial charge in [0.2, 0.25) is 0 Å². The highest BCUT2D eigenvalue weighted by atomic mass is 127. The van der Waals surface area contributed by atoms with Crippen molar-refractivity contribution in [3.63, 3.8) is 0 Å². The molecule has 2 heterocycles. The van der Waals surface area contributed by atoms with Crippen molar-refractivity contribution >= 4 is 41.3 Å². The number of nitrogens with zero attached hydrogens (tertiary/aromatic N) is 3. The van der Waals surface area contributed by atoms with E-state index in [1.165, 1.54) is 5.56 Å². The third-order valence-electron chi connectivity index (χ3n) is 4.07. The van der Waals surface area contributed by atoms with Crippen molar-refractivity contribution < 1.29 is 0 Å². The monoisotopic (exact) mass is 451 g/mol. The van der Waals surface area contributed by atoms with Crippen molar-refractivity contribution in [2.24, 2.45) is 4.99 Å². The largest absolute Gasteiger partial charge is 0.357 e. The van der Waals surface area contributed by atoms with E-state index < -0.39 is 0 Å². The molecule has 1 saturated heterocycles. The predicted octanol–water partition coefficient (Wildman–Crippen LogP) is 2.06. The van der Waals surface area contributed by atoms with E-state index >= 15 is 0 Å². The first-order chi connectivity index (χ1) is 10.7. The maximum atomic E-state index is 4.66. The van der Waals surface area contributed by atoms with Crippen molar-refractivity contribution in [3.8, 4) is 0 Å². The van der Waals surface area contributed by atoms with Crippen LogP contribution in [0.2, 0.25) is 0 Å². The highest BCUT2D eigenvalue weighted by Gasteiger charge is 2.18. The predicted molar refractivity (Wildman–Crippen MR) is 111 cm³/mol. The molecule has 1 unspecified atom stereocenters. The van der Waals surface area contributed by atoms with Crippen LogP contribution in [0.1, 0.15) is 19.4 Å². The van der Waals surface area contributed by atoms with Gasteiger partial charge in [-0.05, 0) is 43.3 Å². The van der Waals surface area contributed by atoms with Gasteiger partial charge in [-0.2, -0.15) is 11.3 Å². The summed E-state index contributed by atoms with van der Waals surface area (Å²) < 4.78 is 0. The van der Waals surface area contributed by atoms with Gasteiger partial charge in [-0.25, -0.2) is 4.99 Å². The van der Waals surface area contributed by atoms with Crippen molar-refractivity contribution in [1.29, 1.82) is 0 Å². The van der Waals surface area contributed by atoms with Crippen molar-refractivity contribution in [1.82, 2.24) is 20.4 Å². The molecule has 1 aliphatic rings. The second kappa shape index (κ2) is 11.2. The van der Waals surface area contributed by atoms with Crippen LogP contribution >= 0.6 is 35.3 Å². The molecule has 5 nitrogen and oxygen atoms in total. The minimum atomic E-state index is 0. The normalized spacial score (nSPS) is 18.3. The fraction of sp³-hybridized carbons (Fsp3) is 0.688. The maximum absolute atomic E-state index is 4.66. The molecule has 2 rings (SSSR count). The van der Waals surface area contributed by atoms with E-state index in [0.717, 1.165) is 51.8 Å². The Morgan fingerprint density at radius 2 is 2.04 bits per heavy atom. The van der Waals surface area contributed by atoms with Gasteiger partial charge in [0, 0.05) is 45.3 Å². The van der Waals surface area contributed by atoms with Crippen LogP contribution in [-0.2, 0) is 6.54 Å². The molecule has 23 heavy (non-hydrogen) atoms. The molecule has 0 amide bonds. The summed E-state index contributed by atoms with van der Waals surface area (Å²) in [5.74, 6) is 0.912. The third-order valence-corrected chi connectivity index (χ3v) is 4.80. The molecule has 0 bridgehead atoms. The smallest absolute Gasteiger partial charge is 0.191 e. The number of aliphatic imine (C=N–C) groups is 1. The molecule has 1 atom stereocenters. The summed E-state index contributed by atoms with van der Waals surface area (Å²) in [4.78, 5) is 9.60. The Bertz CT molecular complexity index is 443. The second-order valence-electron chi connectivity index (χ2n) is 5.90. The maximum Gasteiger partial charge on any atom is 0.191 e. The molecule has 0 radical (unpaired) electrons. The van der Waals surface area contributed by atoms with E-state index in [1.54, 1.807) is 11.3 Å². The molecule has 0 saturated carbocycles. The molecule has 0 aliphatic carbocycles. The van der Waals surface area contributed by atoms with E-state index in [0.29, 0.717) is 6.04 Å². The Hall–Kier alpha value is -0.380. The molecule has 2 N–H and O–H groups in total. The number of rotatable bonds is 6. The van der Waals surface area contributed by atoms with Crippen LogP contribution < -0.4 is 10.6 Å². The Morgan fingerprint density at radius 3 is 2.65 bits per heavy atom. The van der Waals surface area contributed by atoms with E-state index in [-0.39, 0.29) is 24.0 Å². The molecule has 1 aromatic heterocycles. The topological polar surface area (TPSA) is 42.9 Å². The standard InChI is InChI=1S/C16H29N5S.HI/c1-4-17-16(19-12-15-5-10-22-13-15)18-11-14(2)21-8-6-20(3)7-9-21;/h5,10,13-14H,4,6-9,11-12H2,1-3H3,(H2,17,18,19);1H. The van der Waals surface area contributed by atoms with E-state index in [2.05, 4.69) is 63.1 Å². The van der Waals surface area contributed by atoms with Crippen LogP contribution in [0.15, 0.2) is 21.8 Å². The summed E-state index contributed by atoms with van der Waals surface area (Å²) >= 11 is 1.72. The van der Waals surface area contributed by atoms with Gasteiger partial charge >= 0.3 is 0 Å². The molecular formula is C16H30IN5S. The lowest BCUT2D eigenvalue weighted by Crippen LogP contribution is -2.52. The SMILES string of the molecule is CCNC(=NCc1ccsc1)NCC(C)N1CCN(C)CC1.I. The summed E-state index contributed by atoms with van der Waals surface area (Å²) in [5.41, 5.74) is 1.27. The van der Waals surface area contributed by atoms with Gasteiger partial charge in [0.15, 0.2) is 5.96 Å². The number of halogens is 1. The first-order valence-corrected chi connectivity index (χ1v) is 9.09. The number of thiophene rings is 1. The minimum Gasteiger partial charge on any atom is -0.357 e. The molecular weight excluding hydrogens is 421 g/mol. The lowest BCUT2D eigenvalue weighted by molar-refractivity contribution is 0.120. The van der Waals surface area contributed by atoms with Crippen molar-refractivity contribution in [2.45, 2.75) is 26.4 Å². The lowest BCUT2D eigenvalue weighted by Gasteiger charge is -2.36. The van der Waals surface area contributed by atoms with Crippen LogP contribution in [0.3, 0.4) is 0 Å². The highest BCUT2D eigenvalue weighted by molar-refractivity contribution is 14.0. The number of piperazine rings is 1. The van der Waals surface area contributed by atoms with E-state index in [4.69, 9.17) is 0 Å². The average molecular weight is 451 g/mol. The Kier molecular flexibility index (Phi) is 10.1. The molecule has 1 fully saturated rings. The zero-order valence-corrected chi connectivity index (χ0v) is 17.6. The average Bonchev–Trinajstić information content (AvgIpc) is 3.04. The van der Waals surface area contributed by atoms with Crippen LogP contribution in [0.4, 0.5) is 0 Å². The summed E-state index contributed by atoms with van der Waals surface area (Å²) in [7, 11) is 2.20. The molecule has 0 aromatic carbocycles. The van der Waals surface area contributed by atoms with Crippen LogP contribution in [0, 0.1) is 0 Å². The summed E-state index contributed by atoms with van der Waals surface area (Å²) in [6.45, 7) is 11.6. The molecule has 1 aliphatic heterocycles. The van der Waals surface area contributed by atoms with Gasteiger partial charge in [-0.15, -0.1) is 24.0 Å². The number of guanidine groups is 1. The summed E-state index contributed by atoms with van der Waals surface area (Å²) in [5, 5.41) is 11.1. The first-order valence-electron chi connectivity index (χ1n) is 8.15. The van der Waals surface area contributed by atoms with Gasteiger partial charge in [0.05, 0.1) is 6.54 Å². The van der Waals surface area contributed by atoms with Gasteiger partial charge in [-0.1, -0.05) is 0 Å². The Labute approximate surface area is 161 Å². The van der Waals surface area contributed by atoms with Gasteiger partial charge in [-0.3, -0.25) is 4.90 Å². The summed E-state index contributed by atoms with van der Waals surface area (Å²) in [6, 6.07) is 2.66. The van der Waals surface area contributed by atoms with Crippen LogP contribution in [0.25, 0.3) is 0 Å². The number of likely N-dealkylation sites (N-methyl/N-ethyl adjacent to an activating group) is 1. The zero-order chi connectivity index (χ0) is 15.8. The van der Waals surface area contributed by atoms with Crippen LogP contribution in [0.5, 0.6) is 0 Å². The van der Waals surface area contributed by atoms with Crippen molar-refractivity contribution in [2.75, 3.05) is 46.3 Å². The first kappa shape index (κ1) is 20.7. The molecule has 132 valence electrons. The van der Waals surface area contributed by atoms with Gasteiger partial charge in [0.25, 0.3) is 0 Å². The third kappa shape index (κ3) is 7.36. The fourth-order valence-electron chi connectivity index (χ4n) is 2.53.